The van der Waals surface area contributed by atoms with Gasteiger partial charge in [-0.3, -0.25) is 9.59 Å². The molecule has 16 heavy (non-hydrogen) atoms. The highest BCUT2D eigenvalue weighted by atomic mass is 16.4. The van der Waals surface area contributed by atoms with Gasteiger partial charge in [0, 0.05) is 12.4 Å². The third kappa shape index (κ3) is 3.08. The molecule has 1 rings (SSSR count). The van der Waals surface area contributed by atoms with Crippen LogP contribution < -0.4 is 10.9 Å². The molecule has 0 bridgehead atoms. The van der Waals surface area contributed by atoms with E-state index in [9.17, 15) is 14.4 Å². The second-order valence-corrected chi connectivity index (χ2v) is 2.90. The van der Waals surface area contributed by atoms with Gasteiger partial charge >= 0.3 is 11.9 Å². The first-order valence-corrected chi connectivity index (χ1v) is 4.25. The Morgan fingerprint density at radius 1 is 1.50 bits per heavy atom. The van der Waals surface area contributed by atoms with E-state index in [2.05, 4.69) is 15.3 Å². The minimum atomic E-state index is -1.39. The SMILES string of the molecule is O=C(O)CC(Nc1ncc[nH]c1=O)C(=O)O. The summed E-state index contributed by atoms with van der Waals surface area (Å²) in [6, 6.07) is -1.39. The number of H-pyrrole nitrogens is 1. The maximum Gasteiger partial charge on any atom is 0.326 e. The minimum Gasteiger partial charge on any atom is -0.481 e. The number of anilines is 1. The van der Waals surface area contributed by atoms with Gasteiger partial charge in [0.25, 0.3) is 5.56 Å². The molecule has 0 aromatic carbocycles. The molecule has 0 aliphatic heterocycles. The number of carbonyl (C=O) groups is 2. The summed E-state index contributed by atoms with van der Waals surface area (Å²) in [5.41, 5.74) is -0.612. The third-order valence-corrected chi connectivity index (χ3v) is 1.70. The zero-order valence-corrected chi connectivity index (χ0v) is 8.01. The highest BCUT2D eigenvalue weighted by Gasteiger charge is 2.21. The molecule has 0 saturated carbocycles. The Kier molecular flexibility index (Phi) is 3.59. The molecule has 0 aliphatic rings. The molecule has 0 saturated heterocycles. The van der Waals surface area contributed by atoms with E-state index < -0.39 is 30.0 Å². The highest BCUT2D eigenvalue weighted by Crippen LogP contribution is 2.00. The van der Waals surface area contributed by atoms with Gasteiger partial charge in [0.2, 0.25) is 0 Å². The second kappa shape index (κ2) is 4.91. The number of hydrogen-bond acceptors (Lipinski definition) is 5. The van der Waals surface area contributed by atoms with Crippen LogP contribution in [0.4, 0.5) is 5.82 Å². The number of rotatable bonds is 5. The Bertz CT molecular complexity index is 455. The van der Waals surface area contributed by atoms with Crippen LogP contribution in [0, 0.1) is 0 Å². The van der Waals surface area contributed by atoms with Crippen molar-refractivity contribution in [2.45, 2.75) is 12.5 Å². The van der Waals surface area contributed by atoms with Crippen molar-refractivity contribution in [1.29, 1.82) is 0 Å². The monoisotopic (exact) mass is 227 g/mol. The Hall–Kier alpha value is -2.38. The Morgan fingerprint density at radius 2 is 2.19 bits per heavy atom. The molecule has 86 valence electrons. The van der Waals surface area contributed by atoms with Gasteiger partial charge < -0.3 is 20.5 Å². The van der Waals surface area contributed by atoms with E-state index in [0.29, 0.717) is 0 Å². The largest absolute Gasteiger partial charge is 0.481 e. The van der Waals surface area contributed by atoms with Crippen molar-refractivity contribution in [2.24, 2.45) is 0 Å². The lowest BCUT2D eigenvalue weighted by Crippen LogP contribution is -2.34. The molecule has 8 nitrogen and oxygen atoms in total. The lowest BCUT2D eigenvalue weighted by molar-refractivity contribution is -0.144. The summed E-state index contributed by atoms with van der Waals surface area (Å²) >= 11 is 0. The number of nitrogens with one attached hydrogen (secondary N) is 2. The van der Waals surface area contributed by atoms with E-state index in [1.807, 2.05) is 0 Å². The van der Waals surface area contributed by atoms with Crippen molar-refractivity contribution in [2.75, 3.05) is 5.32 Å². The Balaban J connectivity index is 2.84. The standard InChI is InChI=1S/C8H9N3O5/c12-5(13)3-4(8(15)16)11-6-7(14)10-2-1-9-6/h1-2,4H,3H2,(H,9,11)(H,10,14)(H,12,13)(H,15,16). The zero-order valence-electron chi connectivity index (χ0n) is 8.01. The van der Waals surface area contributed by atoms with Crippen LogP contribution >= 0.6 is 0 Å². The summed E-state index contributed by atoms with van der Waals surface area (Å²) in [7, 11) is 0. The molecule has 0 fully saturated rings. The number of nitrogens with zero attached hydrogens (tertiary/aromatic N) is 1. The van der Waals surface area contributed by atoms with Crippen LogP contribution in [0.15, 0.2) is 17.2 Å². The molecule has 1 aromatic rings. The molecule has 1 heterocycles. The fourth-order valence-electron chi connectivity index (χ4n) is 0.994. The normalized spacial score (nSPS) is 11.8. The highest BCUT2D eigenvalue weighted by molar-refractivity contribution is 5.83. The third-order valence-electron chi connectivity index (χ3n) is 1.70. The lowest BCUT2D eigenvalue weighted by Gasteiger charge is -2.11. The van der Waals surface area contributed by atoms with Crippen molar-refractivity contribution >= 4 is 17.8 Å². The molecular formula is C8H9N3O5. The molecule has 1 aromatic heterocycles. The second-order valence-electron chi connectivity index (χ2n) is 2.90. The predicted octanol–water partition coefficient (Wildman–Crippen LogP) is -0.890. The fourth-order valence-corrected chi connectivity index (χ4v) is 0.994. The van der Waals surface area contributed by atoms with Crippen LogP contribution in [-0.2, 0) is 9.59 Å². The van der Waals surface area contributed by atoms with Crippen LogP contribution in [0.2, 0.25) is 0 Å². The molecule has 0 spiro atoms. The van der Waals surface area contributed by atoms with E-state index in [0.717, 1.165) is 0 Å². The van der Waals surface area contributed by atoms with E-state index in [4.69, 9.17) is 10.2 Å². The van der Waals surface area contributed by atoms with Crippen molar-refractivity contribution < 1.29 is 19.8 Å². The molecule has 1 atom stereocenters. The van der Waals surface area contributed by atoms with Crippen LogP contribution in [0.25, 0.3) is 0 Å². The lowest BCUT2D eigenvalue weighted by atomic mass is 10.2. The van der Waals surface area contributed by atoms with Crippen molar-refractivity contribution in [3.05, 3.63) is 22.7 Å². The van der Waals surface area contributed by atoms with E-state index >= 15 is 0 Å². The quantitative estimate of drug-likeness (QED) is 0.512. The van der Waals surface area contributed by atoms with E-state index in [-0.39, 0.29) is 5.82 Å². The van der Waals surface area contributed by atoms with Gasteiger partial charge in [0.05, 0.1) is 6.42 Å². The summed E-state index contributed by atoms with van der Waals surface area (Å²) in [5, 5.41) is 19.4. The van der Waals surface area contributed by atoms with Gasteiger partial charge in [-0.05, 0) is 0 Å². The van der Waals surface area contributed by atoms with Gasteiger partial charge in [-0.25, -0.2) is 9.78 Å². The van der Waals surface area contributed by atoms with Gasteiger partial charge in [-0.15, -0.1) is 0 Å². The molecule has 0 aliphatic carbocycles. The van der Waals surface area contributed by atoms with Crippen LogP contribution in [0.1, 0.15) is 6.42 Å². The first-order chi connectivity index (χ1) is 7.50. The average molecular weight is 227 g/mol. The minimum absolute atomic E-state index is 0.226. The number of carboxylic acid groups (broad SMARTS) is 2. The van der Waals surface area contributed by atoms with Crippen molar-refractivity contribution in [1.82, 2.24) is 9.97 Å². The van der Waals surface area contributed by atoms with Crippen LogP contribution in [0.3, 0.4) is 0 Å². The number of aromatic amines is 1. The summed E-state index contributed by atoms with van der Waals surface area (Å²) < 4.78 is 0. The Morgan fingerprint density at radius 3 is 2.69 bits per heavy atom. The first kappa shape index (κ1) is 11.7. The Labute approximate surface area is 89.0 Å². The fraction of sp³-hybridized carbons (Fsp3) is 0.250. The molecular weight excluding hydrogens is 218 g/mol. The topological polar surface area (TPSA) is 132 Å². The summed E-state index contributed by atoms with van der Waals surface area (Å²) in [5.74, 6) is -2.88. The molecule has 8 heteroatoms. The smallest absolute Gasteiger partial charge is 0.326 e. The van der Waals surface area contributed by atoms with Gasteiger partial charge in [-0.2, -0.15) is 0 Å². The number of carboxylic acids is 2. The number of aliphatic carboxylic acids is 2. The van der Waals surface area contributed by atoms with Gasteiger partial charge in [0.1, 0.15) is 6.04 Å². The maximum atomic E-state index is 11.1. The number of hydrogen-bond donors (Lipinski definition) is 4. The summed E-state index contributed by atoms with van der Waals surface area (Å²) in [6.45, 7) is 0. The zero-order chi connectivity index (χ0) is 12.1. The molecule has 1 unspecified atom stereocenters. The van der Waals surface area contributed by atoms with E-state index in [1.54, 1.807) is 0 Å². The maximum absolute atomic E-state index is 11.1. The number of aromatic nitrogens is 2. The van der Waals surface area contributed by atoms with Crippen molar-refractivity contribution in [3.8, 4) is 0 Å². The summed E-state index contributed by atoms with van der Waals surface area (Å²) in [4.78, 5) is 38.1. The van der Waals surface area contributed by atoms with Gasteiger partial charge in [0.15, 0.2) is 5.82 Å². The van der Waals surface area contributed by atoms with Crippen LogP contribution in [0.5, 0.6) is 0 Å². The summed E-state index contributed by atoms with van der Waals surface area (Å²) in [6.07, 6.45) is 1.88. The average Bonchev–Trinajstić information content (AvgIpc) is 2.19. The predicted molar refractivity (Wildman–Crippen MR) is 52.2 cm³/mol. The van der Waals surface area contributed by atoms with E-state index in [1.165, 1.54) is 12.4 Å². The first-order valence-electron chi connectivity index (χ1n) is 4.25. The van der Waals surface area contributed by atoms with Gasteiger partial charge in [-0.1, -0.05) is 0 Å². The molecule has 4 N–H and O–H groups in total. The molecule has 0 amide bonds. The molecule has 0 radical (unpaired) electrons. The van der Waals surface area contributed by atoms with Crippen LogP contribution in [-0.4, -0.2) is 38.2 Å². The van der Waals surface area contributed by atoms with Crippen molar-refractivity contribution in [3.63, 3.8) is 0 Å².